The van der Waals surface area contributed by atoms with Crippen LogP contribution in [-0.4, -0.2) is 791 Å². The first-order valence-electron chi connectivity index (χ1n) is 45.2. The summed E-state index contributed by atoms with van der Waals surface area (Å²) in [5.41, 5.74) is 2.64. The summed E-state index contributed by atoms with van der Waals surface area (Å²) in [6.45, 7) is 60.5. The van der Waals surface area contributed by atoms with Crippen LogP contribution < -0.4 is 245 Å². The minimum atomic E-state index is 0. The van der Waals surface area contributed by atoms with E-state index in [-0.39, 0.29) is 563 Å². The molecule has 0 spiro atoms. The van der Waals surface area contributed by atoms with Crippen molar-refractivity contribution in [2.75, 3.05) is 474 Å². The summed E-state index contributed by atoms with van der Waals surface area (Å²) in [7, 11) is 0. The number of benzene rings is 2. The molecule has 8 bridgehead atoms. The summed E-state index contributed by atoms with van der Waals surface area (Å²) in [6, 6.07) is 20.5. The fourth-order valence-electron chi connectivity index (χ4n) is 13.1. The minimum Gasteiger partial charge on any atom is -0.373 e. The minimum absolute atomic E-state index is 0. The van der Waals surface area contributed by atoms with Crippen LogP contribution in [0, 0.1) is 13.8 Å². The first kappa shape index (κ1) is 203. The van der Waals surface area contributed by atoms with Crippen LogP contribution in [0.2, 0.25) is 0 Å². The van der Waals surface area contributed by atoms with Gasteiger partial charge in [-0.3, -0.25) is 0 Å². The van der Waals surface area contributed by atoms with E-state index in [0.29, 0.717) is 159 Å². The quantitative estimate of drug-likeness (QED) is 0.114. The predicted octanol–water partition coefficient (Wildman–Crippen LogP) is -27.3. The van der Waals surface area contributed by atoms with Crippen molar-refractivity contribution in [2.45, 2.75) is 13.8 Å². The van der Waals surface area contributed by atoms with Crippen LogP contribution in [0.3, 0.4) is 0 Å². The molecule has 12 fully saturated rings. The molecule has 2 aromatic rings. The molecule has 0 aromatic heterocycles. The normalized spacial score (nSPS) is 23.2. The van der Waals surface area contributed by atoms with Gasteiger partial charge >= 0.3 is 206 Å². The number of ether oxygens (including phenoxy) is 24. The smallest absolute Gasteiger partial charge is 0.373 e. The first-order valence-corrected chi connectivity index (χ1v) is 45.2. The molecule has 2 aromatic carbocycles. The van der Waals surface area contributed by atoms with E-state index in [2.05, 4.69) is 38.1 Å². The Morgan fingerprint density at radius 3 is 0.232 bits per heavy atom. The third-order valence-corrected chi connectivity index (χ3v) is 20.7. The van der Waals surface area contributed by atoms with Crippen LogP contribution in [0.1, 0.15) is 11.1 Å². The molecule has 780 valence electrons. The number of hydrogen-bond acceptors (Lipinski definition) is 24. The molecule has 8 N–H and O–H groups in total. The molecule has 12 heterocycles. The first-order chi connectivity index (χ1) is 58.6. The van der Waals surface area contributed by atoms with Crippen molar-refractivity contribution in [3.8, 4) is 0 Å². The molecule has 12 aliphatic rings. The van der Waals surface area contributed by atoms with Gasteiger partial charge in [-0.2, -0.15) is 0 Å². The molecule has 12 saturated heterocycles. The second-order valence-corrected chi connectivity index (χ2v) is 30.0. The number of aryl methyl sites for hydroxylation is 2. The fourth-order valence-corrected chi connectivity index (χ4v) is 13.1. The van der Waals surface area contributed by atoms with Gasteiger partial charge in [-0.05, 0) is 13.8 Å². The third-order valence-electron chi connectivity index (χ3n) is 20.7. The fraction of sp³-hybridized carbons (Fsp3) is 0.860. The Morgan fingerprint density at radius 1 is 0.120 bits per heavy atom. The Labute approximate surface area is 1250 Å². The van der Waals surface area contributed by atoms with E-state index in [1.54, 1.807) is 0 Å². The molecule has 0 aliphatic carbocycles. The van der Waals surface area contributed by atoms with Crippen LogP contribution in [0.5, 0.6) is 0 Å². The van der Waals surface area contributed by atoms with Crippen molar-refractivity contribution in [2.24, 2.45) is 0 Å². The average Bonchev–Trinajstić information content (AvgIpc) is 0.978. The Kier molecular flexibility index (Phi) is 235. The van der Waals surface area contributed by atoms with Gasteiger partial charge in [-0.25, -0.2) is 0 Å². The Morgan fingerprint density at radius 2 is 0.183 bits per heavy atom. The van der Waals surface area contributed by atoms with E-state index in [4.69, 9.17) is 114 Å². The van der Waals surface area contributed by atoms with Gasteiger partial charge in [0.2, 0.25) is 0 Å². The van der Waals surface area contributed by atoms with Gasteiger partial charge in [0, 0.05) is 358 Å². The largest absolute Gasteiger partial charge is 1.00 e. The molecule has 0 atom stereocenters. The van der Waals surface area contributed by atoms with Gasteiger partial charge in [0.25, 0.3) is 0 Å². The van der Waals surface area contributed by atoms with E-state index in [1.807, 2.05) is 36.4 Å². The van der Waals surface area contributed by atoms with Gasteiger partial charge in [0.15, 0.2) is 0 Å². The van der Waals surface area contributed by atoms with E-state index >= 15 is 0 Å². The van der Waals surface area contributed by atoms with Crippen LogP contribution in [0.15, 0.2) is 60.7 Å². The second-order valence-electron chi connectivity index (χ2n) is 30.0. The van der Waals surface area contributed by atoms with Crippen molar-refractivity contribution < 1.29 is 399 Å². The predicted molar refractivity (Wildman–Crippen MR) is 550 cm³/mol. The zero-order chi connectivity index (χ0) is 82.7. The molecule has 142 heavy (non-hydrogen) atoms. The van der Waals surface area contributed by atoms with Crippen LogP contribution in [-0.2, 0) is 155 Å². The van der Waals surface area contributed by atoms with Crippen LogP contribution in [0.4, 0.5) is 0 Å². The standard InChI is InChI=1S/4C18H36N2O6.2C7H8.18Ge.4K.2Pd/c4*1-7-21-13-14-24-10-4-20-5-11-25-17-15-22-8-2-19(1)3-9-23-16-18-26-12-6-20;2*1-7-5-3-2-4-6-7;;;;;;;;;;;;;;;;;;;;;;;;/h4*1-18H2;2*2-6H,1H3;;;;;;;;;;;;;;;;;;;;;;;;/q;;;;;;;;;;;;;;;;;;;;;;;;4*+1;;/p+8. The maximum absolute atomic E-state index is 5.73. The summed E-state index contributed by atoms with van der Waals surface area (Å²) in [5.74, 6) is 0. The van der Waals surface area contributed by atoms with Crippen LogP contribution in [0.25, 0.3) is 0 Å². The Bertz CT molecular complexity index is 1900. The molecular weight excluding hydrogens is 3210 g/mol. The number of quaternary nitrogens is 8. The molecule has 0 saturated carbocycles. The maximum atomic E-state index is 5.73. The monoisotopic (exact) mass is 3400 g/mol. The summed E-state index contributed by atoms with van der Waals surface area (Å²) in [5, 5.41) is 0. The second kappa shape index (κ2) is 164. The van der Waals surface area contributed by atoms with Gasteiger partial charge < -0.3 is 153 Å². The molecule has 72 radical (unpaired) electrons. The van der Waals surface area contributed by atoms with E-state index in [1.165, 1.54) is 50.3 Å². The third kappa shape index (κ3) is 138. The van der Waals surface area contributed by atoms with Crippen molar-refractivity contribution in [3.63, 3.8) is 0 Å². The van der Waals surface area contributed by atoms with Crippen molar-refractivity contribution in [1.29, 1.82) is 0 Å². The summed E-state index contributed by atoms with van der Waals surface area (Å²) >= 11 is 0. The number of hydrogen-bond donors (Lipinski definition) is 8. The zero-order valence-corrected chi connectivity index (χ0v) is 140. The van der Waals surface area contributed by atoms with E-state index in [0.717, 1.165) is 316 Å². The maximum Gasteiger partial charge on any atom is 1.00 e. The molecule has 0 amide bonds. The molecular formula is C86H168Ge18K4N8O24Pd2+12. The van der Waals surface area contributed by atoms with Crippen molar-refractivity contribution in [1.82, 2.24) is 0 Å². The summed E-state index contributed by atoms with van der Waals surface area (Å²) in [6.07, 6.45) is 0. The topological polar surface area (TPSA) is 257 Å². The SMILES string of the molecule is C1COCC[NH+]2CCOCCOCC[NH+](CCO1)CCOCCOCC2.C1COCC[NH+]2CCOCCOCC[NH+](CCO1)CCOCCOCC2.C1COCC[NH+]2CCOCCOCC[NH+](CCO1)CCOCCOCC2.C1COCC[NH+]2CCOCCOCC[NH+](CCO1)CCOCCOCC2.Cc1ccccc1.Cc1ccccc1.[Ge].[Ge].[Ge].[Ge].[Ge].[Ge].[Ge].[Ge].[Ge].[Ge].[Ge].[Ge].[Ge].[Ge].[Ge].[Ge].[Ge].[Ge].[K+].[K+].[K+].[K+].[Pd].[Pd]. The van der Waals surface area contributed by atoms with Crippen LogP contribution >= 0.6 is 0 Å². The Balaban J connectivity index is -0.0000000701. The Hall–Kier alpha value is 14.8. The van der Waals surface area contributed by atoms with Gasteiger partial charge in [-0.1, -0.05) is 71.8 Å². The van der Waals surface area contributed by atoms with E-state index in [9.17, 15) is 0 Å². The van der Waals surface area contributed by atoms with Gasteiger partial charge in [0.1, 0.15) is 157 Å². The van der Waals surface area contributed by atoms with E-state index < -0.39 is 0 Å². The average molecular weight is 3370 g/mol. The molecule has 56 heteroatoms. The van der Waals surface area contributed by atoms with Gasteiger partial charge in [-0.15, -0.1) is 0 Å². The van der Waals surface area contributed by atoms with Crippen molar-refractivity contribution in [3.05, 3.63) is 71.8 Å². The van der Waals surface area contributed by atoms with Crippen molar-refractivity contribution >= 4 is 317 Å². The number of rotatable bonds is 0. The molecule has 0 unspecified atom stereocenters. The summed E-state index contributed by atoms with van der Waals surface area (Å²) < 4.78 is 137. The number of nitrogens with one attached hydrogen (secondary N) is 8. The summed E-state index contributed by atoms with van der Waals surface area (Å²) in [4.78, 5) is 11.5. The molecule has 32 nitrogen and oxygen atoms in total. The molecule has 12 aliphatic heterocycles. The number of fused-ring (bicyclic) bond motifs is 84. The van der Waals surface area contributed by atoms with Gasteiger partial charge in [0.05, 0.1) is 317 Å². The zero-order valence-electron chi connectivity index (χ0n) is 87.1. The molecule has 14 rings (SSSR count).